The predicted octanol–water partition coefficient (Wildman–Crippen LogP) is 3.15. The van der Waals surface area contributed by atoms with E-state index < -0.39 is 27.8 Å². The lowest BCUT2D eigenvalue weighted by molar-refractivity contribution is -0.137. The van der Waals surface area contributed by atoms with Crippen molar-refractivity contribution in [3.63, 3.8) is 0 Å². The van der Waals surface area contributed by atoms with Gasteiger partial charge in [-0.15, -0.1) is 0 Å². The van der Waals surface area contributed by atoms with Crippen LogP contribution in [-0.2, 0) is 16.2 Å². The maximum Gasteiger partial charge on any atom is 0.416 e. The first-order valence-corrected chi connectivity index (χ1v) is 12.1. The van der Waals surface area contributed by atoms with Crippen molar-refractivity contribution >= 4 is 21.7 Å². The molecule has 1 aromatic heterocycles. The van der Waals surface area contributed by atoms with Crippen LogP contribution in [-0.4, -0.2) is 67.3 Å². The Morgan fingerprint density at radius 1 is 1.03 bits per heavy atom. The molecule has 0 bridgehead atoms. The topological polar surface area (TPSA) is 73.8 Å². The molecule has 7 nitrogen and oxygen atoms in total. The molecule has 0 aliphatic carbocycles. The van der Waals surface area contributed by atoms with Crippen molar-refractivity contribution in [2.24, 2.45) is 0 Å². The van der Waals surface area contributed by atoms with E-state index in [0.29, 0.717) is 11.3 Å². The zero-order chi connectivity index (χ0) is 24.0. The zero-order valence-electron chi connectivity index (χ0n) is 18.3. The second kappa shape index (κ2) is 8.60. The van der Waals surface area contributed by atoms with E-state index in [0.717, 1.165) is 49.6 Å². The minimum absolute atomic E-state index is 0.0490. The van der Waals surface area contributed by atoms with E-state index >= 15 is 0 Å². The third-order valence-corrected chi connectivity index (χ3v) is 8.03. The van der Waals surface area contributed by atoms with Crippen molar-refractivity contribution in [1.82, 2.24) is 14.2 Å². The van der Waals surface area contributed by atoms with Crippen molar-refractivity contribution in [1.29, 1.82) is 0 Å². The Balaban J connectivity index is 1.46. The molecular weight excluding hydrogens is 457 g/mol. The summed E-state index contributed by atoms with van der Waals surface area (Å²) in [4.78, 5) is 21.2. The van der Waals surface area contributed by atoms with E-state index in [1.165, 1.54) is 4.31 Å². The van der Waals surface area contributed by atoms with E-state index in [1.807, 2.05) is 6.07 Å². The van der Waals surface area contributed by atoms with Crippen molar-refractivity contribution < 1.29 is 26.4 Å². The normalized spacial score (nSPS) is 20.0. The van der Waals surface area contributed by atoms with Gasteiger partial charge in [-0.05, 0) is 56.7 Å². The number of sulfonamides is 1. The third-order valence-electron chi connectivity index (χ3n) is 6.15. The number of piperazine rings is 1. The smallest absolute Gasteiger partial charge is 0.356 e. The average molecular weight is 483 g/mol. The standard InChI is InChI=1S/C22H25F3N4O3S/c1-15-14-28(33(31,32)18-6-4-17(5-7-18)22(23,24)25)12-13-29(15)21(30)19-8-9-20(26-16(19)2)27-10-3-11-27/h4-9,15H,3,10-14H2,1-2H3/t15-/m0/s1. The Morgan fingerprint density at radius 2 is 1.70 bits per heavy atom. The first-order valence-electron chi connectivity index (χ1n) is 10.7. The van der Waals surface area contributed by atoms with E-state index in [1.54, 1.807) is 24.8 Å². The third kappa shape index (κ3) is 4.56. The SMILES string of the molecule is Cc1nc(N2CCC2)ccc1C(=O)N1CCN(S(=O)(=O)c2ccc(C(F)(F)F)cc2)C[C@@H]1C. The lowest BCUT2D eigenvalue weighted by atomic mass is 10.1. The number of aryl methyl sites for hydroxylation is 1. The molecule has 2 fully saturated rings. The number of rotatable bonds is 4. The molecule has 1 atom stereocenters. The van der Waals surface area contributed by atoms with Gasteiger partial charge in [-0.2, -0.15) is 17.5 Å². The van der Waals surface area contributed by atoms with Crippen LogP contribution in [0.1, 0.15) is 35.0 Å². The van der Waals surface area contributed by atoms with Gasteiger partial charge in [-0.1, -0.05) is 0 Å². The van der Waals surface area contributed by atoms with Crippen LogP contribution in [0.5, 0.6) is 0 Å². The molecule has 33 heavy (non-hydrogen) atoms. The lowest BCUT2D eigenvalue weighted by Gasteiger charge is -2.39. The van der Waals surface area contributed by atoms with Gasteiger partial charge in [0.25, 0.3) is 5.91 Å². The number of nitrogens with zero attached hydrogens (tertiary/aromatic N) is 4. The molecular formula is C22H25F3N4O3S. The fraction of sp³-hybridized carbons (Fsp3) is 0.455. The predicted molar refractivity (Wildman–Crippen MR) is 117 cm³/mol. The first kappa shape index (κ1) is 23.5. The highest BCUT2D eigenvalue weighted by Crippen LogP contribution is 2.31. The summed E-state index contributed by atoms with van der Waals surface area (Å²) in [5.41, 5.74) is 0.191. The van der Waals surface area contributed by atoms with Crippen molar-refractivity contribution in [3.05, 3.63) is 53.2 Å². The maximum absolute atomic E-state index is 13.2. The molecule has 1 aromatic carbocycles. The number of benzene rings is 1. The second-order valence-corrected chi connectivity index (χ2v) is 10.3. The second-order valence-electron chi connectivity index (χ2n) is 8.38. The molecule has 0 radical (unpaired) electrons. The van der Waals surface area contributed by atoms with Crippen LogP contribution in [0.25, 0.3) is 0 Å². The van der Waals surface area contributed by atoms with Gasteiger partial charge in [0.2, 0.25) is 10.0 Å². The molecule has 11 heteroatoms. The van der Waals surface area contributed by atoms with Gasteiger partial charge in [-0.25, -0.2) is 13.4 Å². The van der Waals surface area contributed by atoms with Crippen molar-refractivity contribution in [2.75, 3.05) is 37.6 Å². The van der Waals surface area contributed by atoms with Crippen LogP contribution in [0.3, 0.4) is 0 Å². The van der Waals surface area contributed by atoms with Gasteiger partial charge in [0.05, 0.1) is 21.7 Å². The summed E-state index contributed by atoms with van der Waals surface area (Å²) in [6.07, 6.45) is -3.41. The van der Waals surface area contributed by atoms with Crippen molar-refractivity contribution in [2.45, 2.75) is 37.4 Å². The Morgan fingerprint density at radius 3 is 2.21 bits per heavy atom. The van der Waals surface area contributed by atoms with E-state index in [2.05, 4.69) is 9.88 Å². The Labute approximate surface area is 190 Å². The number of anilines is 1. The highest BCUT2D eigenvalue weighted by molar-refractivity contribution is 7.89. The highest BCUT2D eigenvalue weighted by atomic mass is 32.2. The monoisotopic (exact) mass is 482 g/mol. The Bertz CT molecular complexity index is 1150. The number of hydrogen-bond donors (Lipinski definition) is 0. The first-order chi connectivity index (χ1) is 15.5. The summed E-state index contributed by atoms with van der Waals surface area (Å²) in [6, 6.07) is 6.63. The van der Waals surface area contributed by atoms with Crippen LogP contribution in [0.2, 0.25) is 0 Å². The summed E-state index contributed by atoms with van der Waals surface area (Å²) in [7, 11) is -3.98. The summed E-state index contributed by atoms with van der Waals surface area (Å²) < 4.78 is 65.5. The van der Waals surface area contributed by atoms with Crippen LogP contribution >= 0.6 is 0 Å². The number of pyridine rings is 1. The zero-order valence-corrected chi connectivity index (χ0v) is 19.2. The van der Waals surface area contributed by atoms with Gasteiger partial charge in [0.1, 0.15) is 5.82 Å². The largest absolute Gasteiger partial charge is 0.416 e. The molecule has 4 rings (SSSR count). The number of amides is 1. The van der Waals surface area contributed by atoms with Crippen LogP contribution in [0.15, 0.2) is 41.3 Å². The fourth-order valence-corrected chi connectivity index (χ4v) is 5.57. The number of alkyl halides is 3. The number of carbonyl (C=O) groups is 1. The van der Waals surface area contributed by atoms with Crippen LogP contribution in [0.4, 0.5) is 19.0 Å². The van der Waals surface area contributed by atoms with Crippen molar-refractivity contribution in [3.8, 4) is 0 Å². The van der Waals surface area contributed by atoms with Gasteiger partial charge in [-0.3, -0.25) is 4.79 Å². The molecule has 2 aromatic rings. The lowest BCUT2D eigenvalue weighted by Crippen LogP contribution is -2.55. The average Bonchev–Trinajstić information content (AvgIpc) is 2.71. The summed E-state index contributed by atoms with van der Waals surface area (Å²) in [5, 5.41) is 0. The molecule has 2 saturated heterocycles. The number of halogens is 3. The molecule has 0 N–H and O–H groups in total. The summed E-state index contributed by atoms with van der Waals surface area (Å²) >= 11 is 0. The van der Waals surface area contributed by atoms with Crippen LogP contribution < -0.4 is 4.90 Å². The summed E-state index contributed by atoms with van der Waals surface area (Å²) in [5.74, 6) is 0.630. The number of aromatic nitrogens is 1. The van der Waals surface area contributed by atoms with Gasteiger partial charge >= 0.3 is 6.18 Å². The molecule has 2 aliphatic rings. The van der Waals surface area contributed by atoms with Gasteiger partial charge < -0.3 is 9.80 Å². The molecule has 0 spiro atoms. The molecule has 3 heterocycles. The molecule has 1 amide bonds. The summed E-state index contributed by atoms with van der Waals surface area (Å²) in [6.45, 7) is 5.71. The number of carbonyl (C=O) groups excluding carboxylic acids is 1. The van der Waals surface area contributed by atoms with Crippen LogP contribution in [0, 0.1) is 6.92 Å². The van der Waals surface area contributed by atoms with Gasteiger partial charge in [0.15, 0.2) is 0 Å². The molecule has 0 unspecified atom stereocenters. The van der Waals surface area contributed by atoms with E-state index in [9.17, 15) is 26.4 Å². The van der Waals surface area contributed by atoms with E-state index in [-0.39, 0.29) is 30.4 Å². The molecule has 2 aliphatic heterocycles. The minimum atomic E-state index is -4.54. The Kier molecular flexibility index (Phi) is 6.12. The molecule has 0 saturated carbocycles. The Hall–Kier alpha value is -2.66. The molecule has 178 valence electrons. The fourth-order valence-electron chi connectivity index (χ4n) is 4.06. The highest BCUT2D eigenvalue weighted by Gasteiger charge is 2.36. The van der Waals surface area contributed by atoms with Gasteiger partial charge in [0, 0.05) is 38.8 Å². The quantitative estimate of drug-likeness (QED) is 0.670. The van der Waals surface area contributed by atoms with E-state index in [4.69, 9.17) is 0 Å². The maximum atomic E-state index is 13.2. The number of hydrogen-bond acceptors (Lipinski definition) is 5. The minimum Gasteiger partial charge on any atom is -0.356 e.